The van der Waals surface area contributed by atoms with Crippen LogP contribution in [-0.2, 0) is 16.0 Å². The average Bonchev–Trinajstić information content (AvgIpc) is 3.17. The molecule has 0 aliphatic carbocycles. The van der Waals surface area contributed by atoms with Crippen molar-refractivity contribution in [1.82, 2.24) is 4.90 Å². The molecule has 1 atom stereocenters. The molecule has 1 aliphatic heterocycles. The topological polar surface area (TPSA) is 97.4 Å². The van der Waals surface area contributed by atoms with E-state index in [0.717, 1.165) is 16.0 Å². The van der Waals surface area contributed by atoms with E-state index in [9.17, 15) is 14.4 Å². The average molecular weight is 532 g/mol. The number of urea groups is 1. The van der Waals surface area contributed by atoms with Gasteiger partial charge in [-0.2, -0.15) is 0 Å². The van der Waals surface area contributed by atoms with Crippen LogP contribution < -0.4 is 24.4 Å². The Morgan fingerprint density at radius 3 is 2.26 bits per heavy atom. The zero-order valence-corrected chi connectivity index (χ0v) is 22.6. The first-order valence-corrected chi connectivity index (χ1v) is 12.8. The van der Waals surface area contributed by atoms with Gasteiger partial charge in [0.2, 0.25) is 5.91 Å². The van der Waals surface area contributed by atoms with Crippen molar-refractivity contribution < 1.29 is 28.6 Å². The predicted octanol–water partition coefficient (Wildman–Crippen LogP) is 4.82. The van der Waals surface area contributed by atoms with Crippen molar-refractivity contribution in [3.63, 3.8) is 0 Å². The lowest BCUT2D eigenvalue weighted by Gasteiger charge is -2.22. The van der Waals surface area contributed by atoms with Crippen LogP contribution in [0.3, 0.4) is 0 Å². The van der Waals surface area contributed by atoms with Gasteiger partial charge in [-0.25, -0.2) is 9.69 Å². The van der Waals surface area contributed by atoms with Crippen LogP contribution in [0.15, 0.2) is 66.7 Å². The molecule has 4 rings (SSSR count). The normalized spacial score (nSPS) is 14.9. The Morgan fingerprint density at radius 2 is 1.62 bits per heavy atom. The second-order valence-corrected chi connectivity index (χ2v) is 9.15. The third-order valence-electron chi connectivity index (χ3n) is 6.53. The molecular formula is C30H33N3O6. The van der Waals surface area contributed by atoms with Gasteiger partial charge < -0.3 is 24.4 Å². The van der Waals surface area contributed by atoms with Gasteiger partial charge >= 0.3 is 6.03 Å². The van der Waals surface area contributed by atoms with Gasteiger partial charge in [-0.3, -0.25) is 9.59 Å². The summed E-state index contributed by atoms with van der Waals surface area (Å²) in [7, 11) is 3.12. The number of ether oxygens (including phenoxy) is 3. The van der Waals surface area contributed by atoms with Crippen molar-refractivity contribution in [3.05, 3.63) is 77.9 Å². The fourth-order valence-corrected chi connectivity index (χ4v) is 4.49. The third-order valence-corrected chi connectivity index (χ3v) is 6.53. The van der Waals surface area contributed by atoms with Gasteiger partial charge in [0.15, 0.2) is 11.5 Å². The number of anilines is 2. The number of benzene rings is 3. The summed E-state index contributed by atoms with van der Waals surface area (Å²) in [5.41, 5.74) is 2.96. The molecule has 0 aromatic heterocycles. The number of carbonyl (C=O) groups is 3. The van der Waals surface area contributed by atoms with Crippen molar-refractivity contribution in [3.8, 4) is 17.2 Å². The summed E-state index contributed by atoms with van der Waals surface area (Å²) in [6, 6.07) is 18.3. The summed E-state index contributed by atoms with van der Waals surface area (Å²) in [5.74, 6) is 1.07. The van der Waals surface area contributed by atoms with Gasteiger partial charge in [-0.05, 0) is 74.4 Å². The summed E-state index contributed by atoms with van der Waals surface area (Å²) in [6.45, 7) is 4.61. The van der Waals surface area contributed by atoms with Gasteiger partial charge in [0.1, 0.15) is 11.8 Å². The maximum atomic E-state index is 13.5. The third kappa shape index (κ3) is 6.31. The molecule has 9 heteroatoms. The zero-order chi connectivity index (χ0) is 27.9. The van der Waals surface area contributed by atoms with Crippen molar-refractivity contribution in [2.45, 2.75) is 32.7 Å². The summed E-state index contributed by atoms with van der Waals surface area (Å²) in [4.78, 5) is 42.7. The molecule has 3 aromatic carbocycles. The molecule has 0 spiro atoms. The second kappa shape index (κ2) is 12.3. The highest BCUT2D eigenvalue weighted by Crippen LogP contribution is 2.30. The van der Waals surface area contributed by atoms with Crippen molar-refractivity contribution in [1.29, 1.82) is 0 Å². The molecule has 204 valence electrons. The van der Waals surface area contributed by atoms with E-state index in [-0.39, 0.29) is 18.9 Å². The molecule has 9 nitrogen and oxygen atoms in total. The Morgan fingerprint density at radius 1 is 0.923 bits per heavy atom. The number of imide groups is 1. The van der Waals surface area contributed by atoms with Crippen LogP contribution in [0.4, 0.5) is 16.2 Å². The first kappa shape index (κ1) is 27.5. The van der Waals surface area contributed by atoms with Crippen LogP contribution in [0.2, 0.25) is 0 Å². The smallest absolute Gasteiger partial charge is 0.332 e. The molecule has 1 saturated heterocycles. The maximum absolute atomic E-state index is 13.5. The molecule has 0 saturated carbocycles. The number of hydrogen-bond acceptors (Lipinski definition) is 6. The van der Waals surface area contributed by atoms with E-state index in [1.54, 1.807) is 56.7 Å². The fourth-order valence-electron chi connectivity index (χ4n) is 4.49. The molecule has 0 bridgehead atoms. The van der Waals surface area contributed by atoms with E-state index in [0.29, 0.717) is 41.7 Å². The van der Waals surface area contributed by atoms with Crippen LogP contribution in [0, 0.1) is 6.92 Å². The Bertz CT molecular complexity index is 1320. The number of amides is 4. The van der Waals surface area contributed by atoms with Crippen LogP contribution in [0.5, 0.6) is 17.2 Å². The number of aryl methyl sites for hydroxylation is 1. The van der Waals surface area contributed by atoms with Gasteiger partial charge in [0, 0.05) is 12.2 Å². The molecule has 1 heterocycles. The largest absolute Gasteiger partial charge is 0.494 e. The van der Waals surface area contributed by atoms with Crippen molar-refractivity contribution in [2.75, 3.05) is 37.6 Å². The Balaban J connectivity index is 1.54. The van der Waals surface area contributed by atoms with E-state index in [1.807, 2.05) is 38.1 Å². The first-order chi connectivity index (χ1) is 18.8. The van der Waals surface area contributed by atoms with E-state index in [1.165, 1.54) is 4.90 Å². The number of nitrogens with zero attached hydrogens (tertiary/aromatic N) is 2. The molecular weight excluding hydrogens is 498 g/mol. The Hall–Kier alpha value is -4.53. The summed E-state index contributed by atoms with van der Waals surface area (Å²) in [6.07, 6.45) is 0.282. The molecule has 39 heavy (non-hydrogen) atoms. The molecule has 4 amide bonds. The van der Waals surface area contributed by atoms with Crippen LogP contribution in [0.25, 0.3) is 0 Å². The first-order valence-electron chi connectivity index (χ1n) is 12.8. The Kier molecular flexibility index (Phi) is 8.70. The standard InChI is InChI=1S/C30H33N3O6/c1-5-39-24-13-9-22(10-14-24)31-28(34)19-25-29(35)33(23-11-6-20(2)7-12-23)30(36)32(25)17-16-21-8-15-26(37-3)27(18-21)38-4/h6-15,18,25H,5,16-17,19H2,1-4H3,(H,31,34)/t25-/m0/s1. The van der Waals surface area contributed by atoms with Crippen LogP contribution in [-0.4, -0.2) is 56.2 Å². The van der Waals surface area contributed by atoms with E-state index in [4.69, 9.17) is 14.2 Å². The lowest BCUT2D eigenvalue weighted by molar-refractivity contribution is -0.124. The second-order valence-electron chi connectivity index (χ2n) is 9.15. The zero-order valence-electron chi connectivity index (χ0n) is 22.6. The Labute approximate surface area is 228 Å². The minimum absolute atomic E-state index is 0.175. The van der Waals surface area contributed by atoms with Crippen LogP contribution in [0.1, 0.15) is 24.5 Å². The fraction of sp³-hybridized carbons (Fsp3) is 0.300. The quantitative estimate of drug-likeness (QED) is 0.357. The minimum atomic E-state index is -0.943. The van der Waals surface area contributed by atoms with Gasteiger partial charge in [-0.1, -0.05) is 23.8 Å². The molecule has 1 fully saturated rings. The van der Waals surface area contributed by atoms with Gasteiger partial charge in [-0.15, -0.1) is 0 Å². The molecule has 0 radical (unpaired) electrons. The highest BCUT2D eigenvalue weighted by atomic mass is 16.5. The molecule has 1 aliphatic rings. The van der Waals surface area contributed by atoms with Gasteiger partial charge in [0.05, 0.1) is 32.9 Å². The number of nitrogens with one attached hydrogen (secondary N) is 1. The lowest BCUT2D eigenvalue weighted by Crippen LogP contribution is -2.39. The highest BCUT2D eigenvalue weighted by molar-refractivity contribution is 6.22. The number of carbonyl (C=O) groups excluding carboxylic acids is 3. The van der Waals surface area contributed by atoms with Crippen LogP contribution >= 0.6 is 0 Å². The maximum Gasteiger partial charge on any atom is 0.332 e. The van der Waals surface area contributed by atoms with E-state index in [2.05, 4.69) is 5.32 Å². The monoisotopic (exact) mass is 531 g/mol. The molecule has 0 unspecified atom stereocenters. The summed E-state index contributed by atoms with van der Waals surface area (Å²) in [5, 5.41) is 2.82. The summed E-state index contributed by atoms with van der Waals surface area (Å²) >= 11 is 0. The number of methoxy groups -OCH3 is 2. The predicted molar refractivity (Wildman–Crippen MR) is 149 cm³/mol. The SMILES string of the molecule is CCOc1ccc(NC(=O)C[C@H]2C(=O)N(c3ccc(C)cc3)C(=O)N2CCc2ccc(OC)c(OC)c2)cc1. The highest BCUT2D eigenvalue weighted by Gasteiger charge is 2.46. The molecule has 3 aromatic rings. The number of hydrogen-bond donors (Lipinski definition) is 1. The number of rotatable bonds is 11. The molecule has 1 N–H and O–H groups in total. The van der Waals surface area contributed by atoms with Crippen molar-refractivity contribution >= 4 is 29.2 Å². The van der Waals surface area contributed by atoms with Gasteiger partial charge in [0.25, 0.3) is 5.91 Å². The summed E-state index contributed by atoms with van der Waals surface area (Å²) < 4.78 is 16.1. The van der Waals surface area contributed by atoms with E-state index < -0.39 is 18.0 Å². The van der Waals surface area contributed by atoms with Crippen molar-refractivity contribution in [2.24, 2.45) is 0 Å². The lowest BCUT2D eigenvalue weighted by atomic mass is 10.1. The minimum Gasteiger partial charge on any atom is -0.494 e. The van der Waals surface area contributed by atoms with E-state index >= 15 is 0 Å².